The van der Waals surface area contributed by atoms with Gasteiger partial charge in [-0.15, -0.1) is 11.3 Å². The van der Waals surface area contributed by atoms with Crippen LogP contribution in [0.1, 0.15) is 64.0 Å². The molecule has 4 aromatic rings. The van der Waals surface area contributed by atoms with Crippen molar-refractivity contribution in [2.45, 2.75) is 33.6 Å². The molecule has 3 N–H and O–H groups in total. The highest BCUT2D eigenvalue weighted by Gasteiger charge is 2.35. The lowest BCUT2D eigenvalue weighted by molar-refractivity contribution is -0.119. The molecule has 5 rings (SSSR count). The number of benzene rings is 2. The lowest BCUT2D eigenvalue weighted by Crippen LogP contribution is -2.29. The molecule has 0 spiro atoms. The molecule has 0 fully saturated rings. The number of rotatable bonds is 6. The number of amides is 2. The van der Waals surface area contributed by atoms with E-state index in [0.29, 0.717) is 34.1 Å². The van der Waals surface area contributed by atoms with Crippen LogP contribution in [0.25, 0.3) is 22.6 Å². The number of hydrogen-bond donors (Lipinski definition) is 2. The number of aromatic nitrogens is 1. The van der Waals surface area contributed by atoms with Gasteiger partial charge in [-0.05, 0) is 83.2 Å². The highest BCUT2D eigenvalue weighted by Crippen LogP contribution is 2.45. The number of ether oxygens (including phenoxy) is 1. The Balaban J connectivity index is 1.48. The second kappa shape index (κ2) is 11.1. The second-order valence-electron chi connectivity index (χ2n) is 11.1. The number of anilines is 1. The van der Waals surface area contributed by atoms with Gasteiger partial charge in [-0.25, -0.2) is 9.78 Å². The average Bonchev–Trinajstić information content (AvgIpc) is 3.43. The van der Waals surface area contributed by atoms with E-state index in [-0.39, 0.29) is 11.3 Å². The number of fused-ring (bicyclic) bond motifs is 2. The fourth-order valence-electron chi connectivity index (χ4n) is 5.03. The first-order chi connectivity index (χ1) is 19.1. The summed E-state index contributed by atoms with van der Waals surface area (Å²) in [6.45, 7) is 6.21. The Morgan fingerprint density at radius 3 is 2.48 bits per heavy atom. The van der Waals surface area contributed by atoms with E-state index < -0.39 is 24.4 Å². The van der Waals surface area contributed by atoms with E-state index >= 15 is 0 Å². The van der Waals surface area contributed by atoms with Crippen LogP contribution in [0.5, 0.6) is 0 Å². The Labute approximate surface area is 237 Å². The third-order valence-electron chi connectivity index (χ3n) is 7.29. The zero-order valence-corrected chi connectivity index (χ0v) is 23.5. The number of carbonyl (C=O) groups excluding carboxylic acids is 3. The number of para-hydroxylation sites is 1. The number of primary amides is 1. The largest absolute Gasteiger partial charge is 0.452 e. The Hall–Kier alpha value is -4.30. The number of hydrogen-bond acceptors (Lipinski definition) is 6. The van der Waals surface area contributed by atoms with Gasteiger partial charge in [0.15, 0.2) is 6.61 Å². The molecule has 0 aliphatic heterocycles. The van der Waals surface area contributed by atoms with Gasteiger partial charge in [0.05, 0.1) is 16.8 Å². The monoisotopic (exact) mass is 553 g/mol. The number of pyridine rings is 1. The number of nitrogens with zero attached hydrogens (tertiary/aromatic N) is 1. The average molecular weight is 554 g/mol. The summed E-state index contributed by atoms with van der Waals surface area (Å²) >= 11 is 1.67. The first kappa shape index (κ1) is 27.3. The zero-order valence-electron chi connectivity index (χ0n) is 22.7. The van der Waals surface area contributed by atoms with E-state index in [0.717, 1.165) is 28.1 Å². The molecule has 2 heterocycles. The number of esters is 1. The van der Waals surface area contributed by atoms with Gasteiger partial charge in [-0.3, -0.25) is 9.59 Å². The second-order valence-corrected chi connectivity index (χ2v) is 12.0. The van der Waals surface area contributed by atoms with Gasteiger partial charge in [0.25, 0.3) is 5.91 Å². The zero-order chi connectivity index (χ0) is 28.4. The van der Waals surface area contributed by atoms with Gasteiger partial charge in [0.2, 0.25) is 5.91 Å². The molecule has 7 nitrogen and oxygen atoms in total. The maximum absolute atomic E-state index is 13.7. The van der Waals surface area contributed by atoms with Crippen molar-refractivity contribution in [2.75, 3.05) is 11.9 Å². The van der Waals surface area contributed by atoms with Crippen molar-refractivity contribution in [3.8, 4) is 0 Å². The SMILES string of the molecule is CC(C)(C)C1C/C(=C/c2cccs2)c2nc3ccccc3c(C(=O)OCC(=O)Nc3ccc(C(N)=O)cc3)c2C1. The molecule has 0 bridgehead atoms. The van der Waals surface area contributed by atoms with Crippen molar-refractivity contribution in [1.82, 2.24) is 4.98 Å². The van der Waals surface area contributed by atoms with Crippen LogP contribution in [0.3, 0.4) is 0 Å². The Morgan fingerprint density at radius 2 is 1.80 bits per heavy atom. The Kier molecular flexibility index (Phi) is 7.54. The summed E-state index contributed by atoms with van der Waals surface area (Å²) in [7, 11) is 0. The lowest BCUT2D eigenvalue weighted by atomic mass is 9.69. The first-order valence-electron chi connectivity index (χ1n) is 13.1. The third kappa shape index (κ3) is 5.82. The van der Waals surface area contributed by atoms with Crippen molar-refractivity contribution in [2.24, 2.45) is 17.1 Å². The maximum atomic E-state index is 13.7. The smallest absolute Gasteiger partial charge is 0.339 e. The molecule has 8 heteroatoms. The number of allylic oxidation sites excluding steroid dienone is 1. The molecule has 0 radical (unpaired) electrons. The van der Waals surface area contributed by atoms with E-state index in [4.69, 9.17) is 15.5 Å². The van der Waals surface area contributed by atoms with Crippen molar-refractivity contribution >= 4 is 57.4 Å². The van der Waals surface area contributed by atoms with Crippen LogP contribution in [-0.4, -0.2) is 29.4 Å². The van der Waals surface area contributed by atoms with Crippen LogP contribution in [-0.2, 0) is 16.0 Å². The topological polar surface area (TPSA) is 111 Å². The van der Waals surface area contributed by atoms with Gasteiger partial charge in [-0.2, -0.15) is 0 Å². The molecule has 1 unspecified atom stereocenters. The Bertz CT molecular complexity index is 1620. The number of nitrogens with two attached hydrogens (primary N) is 1. The molecular formula is C32H31N3O4S. The molecule has 0 saturated heterocycles. The van der Waals surface area contributed by atoms with E-state index in [1.54, 1.807) is 23.5 Å². The van der Waals surface area contributed by atoms with Crippen LogP contribution in [0.15, 0.2) is 66.0 Å². The lowest BCUT2D eigenvalue weighted by Gasteiger charge is -2.36. The van der Waals surface area contributed by atoms with E-state index in [2.05, 4.69) is 38.2 Å². The molecule has 1 atom stereocenters. The summed E-state index contributed by atoms with van der Waals surface area (Å²) < 4.78 is 5.59. The summed E-state index contributed by atoms with van der Waals surface area (Å²) in [5.74, 6) is -1.31. The quantitative estimate of drug-likeness (QED) is 0.271. The highest BCUT2D eigenvalue weighted by molar-refractivity contribution is 7.10. The number of carbonyl (C=O) groups is 3. The molecule has 0 saturated carbocycles. The van der Waals surface area contributed by atoms with Crippen molar-refractivity contribution in [1.29, 1.82) is 0 Å². The molecule has 2 aromatic carbocycles. The summed E-state index contributed by atoms with van der Waals surface area (Å²) in [4.78, 5) is 43.8. The summed E-state index contributed by atoms with van der Waals surface area (Å²) in [5, 5.41) is 5.44. The fourth-order valence-corrected chi connectivity index (χ4v) is 5.71. The standard InChI is InChI=1S/C32H31N3O4S/c1-32(2,3)21-15-20(16-23-7-6-14-40-23)29-25(17-21)28(24-8-4-5-9-26(24)35-29)31(38)39-18-27(36)34-22-12-10-19(11-13-22)30(33)37/h4-14,16,21H,15,17-18H2,1-3H3,(H2,33,37)(H,34,36)/b20-16-. The normalized spacial score (nSPS) is 16.0. The van der Waals surface area contributed by atoms with Gasteiger partial charge >= 0.3 is 5.97 Å². The van der Waals surface area contributed by atoms with Crippen LogP contribution in [0, 0.1) is 11.3 Å². The summed E-state index contributed by atoms with van der Waals surface area (Å²) in [6.07, 6.45) is 3.71. The molecule has 1 aliphatic rings. The Morgan fingerprint density at radius 1 is 1.05 bits per heavy atom. The van der Waals surface area contributed by atoms with Gasteiger partial charge in [0, 0.05) is 21.5 Å². The molecule has 2 aromatic heterocycles. The molecule has 2 amide bonds. The van der Waals surface area contributed by atoms with Crippen LogP contribution < -0.4 is 11.1 Å². The molecule has 204 valence electrons. The molecular weight excluding hydrogens is 522 g/mol. The minimum absolute atomic E-state index is 0.00297. The molecule has 40 heavy (non-hydrogen) atoms. The number of nitrogens with one attached hydrogen (secondary N) is 1. The minimum atomic E-state index is -0.556. The predicted molar refractivity (Wildman–Crippen MR) is 159 cm³/mol. The van der Waals surface area contributed by atoms with Gasteiger partial charge in [-0.1, -0.05) is 45.0 Å². The first-order valence-corrected chi connectivity index (χ1v) is 14.0. The van der Waals surface area contributed by atoms with Crippen LogP contribution in [0.2, 0.25) is 0 Å². The van der Waals surface area contributed by atoms with Gasteiger partial charge in [0.1, 0.15) is 0 Å². The predicted octanol–water partition coefficient (Wildman–Crippen LogP) is 6.34. The van der Waals surface area contributed by atoms with Crippen LogP contribution >= 0.6 is 11.3 Å². The minimum Gasteiger partial charge on any atom is -0.452 e. The van der Waals surface area contributed by atoms with Crippen molar-refractivity contribution in [3.63, 3.8) is 0 Å². The van der Waals surface area contributed by atoms with E-state index in [1.165, 1.54) is 12.1 Å². The summed E-state index contributed by atoms with van der Waals surface area (Å²) in [5.41, 5.74) is 10.0. The van der Waals surface area contributed by atoms with Crippen LogP contribution in [0.4, 0.5) is 5.69 Å². The van der Waals surface area contributed by atoms with Crippen molar-refractivity contribution < 1.29 is 19.1 Å². The third-order valence-corrected chi connectivity index (χ3v) is 8.11. The number of thiophene rings is 1. The maximum Gasteiger partial charge on any atom is 0.339 e. The van der Waals surface area contributed by atoms with Crippen molar-refractivity contribution in [3.05, 3.63) is 93.3 Å². The fraction of sp³-hybridized carbons (Fsp3) is 0.250. The highest BCUT2D eigenvalue weighted by atomic mass is 32.1. The van der Waals surface area contributed by atoms with E-state index in [9.17, 15) is 14.4 Å². The summed E-state index contributed by atoms with van der Waals surface area (Å²) in [6, 6.07) is 17.8. The van der Waals surface area contributed by atoms with E-state index in [1.807, 2.05) is 35.7 Å². The molecule has 1 aliphatic carbocycles. The van der Waals surface area contributed by atoms with Gasteiger partial charge < -0.3 is 15.8 Å².